The van der Waals surface area contributed by atoms with E-state index in [-0.39, 0.29) is 16.5 Å². The molecule has 0 radical (unpaired) electrons. The zero-order chi connectivity index (χ0) is 21.9. The van der Waals surface area contributed by atoms with E-state index in [9.17, 15) is 22.5 Å². The summed E-state index contributed by atoms with van der Waals surface area (Å²) in [5, 5.41) is 2.74. The molecule has 0 aromatic heterocycles. The first-order valence-corrected chi connectivity index (χ1v) is 12.0. The Hall–Kier alpha value is -1.70. The number of carbonyl (C=O) groups excluding carboxylic acids is 1. The minimum atomic E-state index is -1.60. The van der Waals surface area contributed by atoms with Gasteiger partial charge in [-0.2, -0.15) is 0 Å². The molecule has 6 rings (SSSR count). The van der Waals surface area contributed by atoms with Crippen molar-refractivity contribution in [1.82, 2.24) is 0 Å². The van der Waals surface area contributed by atoms with Gasteiger partial charge in [-0.3, -0.25) is 4.79 Å². The summed E-state index contributed by atoms with van der Waals surface area (Å²) in [5.41, 5.74) is -0.0400. The zero-order valence-corrected chi connectivity index (χ0v) is 18.1. The predicted molar refractivity (Wildman–Crippen MR) is 113 cm³/mol. The summed E-state index contributed by atoms with van der Waals surface area (Å²) in [6.45, 7) is 0. The maximum Gasteiger partial charge on any atom is 0.255 e. The van der Waals surface area contributed by atoms with Gasteiger partial charge in [0.15, 0.2) is 22.3 Å². The van der Waals surface area contributed by atoms with E-state index in [1.165, 1.54) is 24.6 Å². The fourth-order valence-corrected chi connectivity index (χ4v) is 8.29. The van der Waals surface area contributed by atoms with Gasteiger partial charge in [-0.25, -0.2) is 13.2 Å². The topological polar surface area (TPSA) is 52.2 Å². The van der Waals surface area contributed by atoms with Gasteiger partial charge in [0, 0.05) is 41.3 Å². The van der Waals surface area contributed by atoms with Crippen LogP contribution in [-0.4, -0.2) is 15.7 Å². The lowest BCUT2D eigenvalue weighted by Gasteiger charge is -2.53. The minimum absolute atomic E-state index is 0.0453. The molecule has 0 aliphatic heterocycles. The maximum absolute atomic E-state index is 13.6. The standard InChI is InChI=1S/C23H21ClF3NO2S/c24-17-2-1-13(23(29)28-16-9-18(25)21(27)19(26)10-16)8-20(17)31(30)22-14-4-11-3-12(6-14)7-15(22)5-11/h1-2,8-12,14-15,22H,3-7H2,(H,28,29)/t11-,12+,14?,15?,22-,31?. The van der Waals surface area contributed by atoms with E-state index in [2.05, 4.69) is 5.32 Å². The Balaban J connectivity index is 1.38. The summed E-state index contributed by atoms with van der Waals surface area (Å²) in [4.78, 5) is 13.1. The third-order valence-electron chi connectivity index (χ3n) is 7.04. The first-order chi connectivity index (χ1) is 14.8. The zero-order valence-electron chi connectivity index (χ0n) is 16.5. The molecule has 1 unspecified atom stereocenters. The minimum Gasteiger partial charge on any atom is -0.611 e. The summed E-state index contributed by atoms with van der Waals surface area (Å²) >= 11 is 5.01. The second-order valence-electron chi connectivity index (χ2n) is 9.05. The number of hydrogen-bond acceptors (Lipinski definition) is 2. The van der Waals surface area contributed by atoms with Crippen molar-refractivity contribution in [2.45, 2.75) is 42.2 Å². The van der Waals surface area contributed by atoms with Crippen molar-refractivity contribution in [3.63, 3.8) is 0 Å². The Morgan fingerprint density at radius 2 is 1.55 bits per heavy atom. The van der Waals surface area contributed by atoms with Crippen LogP contribution in [0.4, 0.5) is 18.9 Å². The molecule has 0 saturated heterocycles. The van der Waals surface area contributed by atoms with Gasteiger partial charge in [0.2, 0.25) is 0 Å². The molecule has 31 heavy (non-hydrogen) atoms. The Labute approximate surface area is 186 Å². The summed E-state index contributed by atoms with van der Waals surface area (Å²) in [6.07, 6.45) is 5.75. The van der Waals surface area contributed by atoms with Crippen molar-refractivity contribution in [3.05, 3.63) is 58.4 Å². The van der Waals surface area contributed by atoms with Crippen LogP contribution in [-0.2, 0) is 11.2 Å². The molecule has 4 fully saturated rings. The molecule has 1 atom stereocenters. The number of nitrogens with one attached hydrogen (secondary N) is 1. The summed E-state index contributed by atoms with van der Waals surface area (Å²) in [6, 6.07) is 5.89. The molecule has 1 amide bonds. The fourth-order valence-electron chi connectivity index (χ4n) is 6.00. The van der Waals surface area contributed by atoms with Gasteiger partial charge in [0.25, 0.3) is 5.91 Å². The van der Waals surface area contributed by atoms with Crippen molar-refractivity contribution in [3.8, 4) is 0 Å². The van der Waals surface area contributed by atoms with Gasteiger partial charge in [0.05, 0.1) is 5.02 Å². The van der Waals surface area contributed by atoms with E-state index >= 15 is 0 Å². The van der Waals surface area contributed by atoms with Gasteiger partial charge < -0.3 is 9.87 Å². The smallest absolute Gasteiger partial charge is 0.255 e. The molecule has 164 valence electrons. The molecule has 1 N–H and O–H groups in total. The number of anilines is 1. The van der Waals surface area contributed by atoms with Crippen molar-refractivity contribution in [1.29, 1.82) is 0 Å². The average molecular weight is 468 g/mol. The lowest BCUT2D eigenvalue weighted by molar-refractivity contribution is 0.0237. The van der Waals surface area contributed by atoms with Crippen LogP contribution < -0.4 is 5.32 Å². The molecule has 4 aliphatic carbocycles. The summed E-state index contributed by atoms with van der Waals surface area (Å²) in [7, 11) is 0. The van der Waals surface area contributed by atoms with Crippen LogP contribution in [0.15, 0.2) is 35.2 Å². The molecule has 0 spiro atoms. The molecule has 3 nitrogen and oxygen atoms in total. The van der Waals surface area contributed by atoms with Crippen molar-refractivity contribution in [2.75, 3.05) is 5.32 Å². The largest absolute Gasteiger partial charge is 0.611 e. The average Bonchev–Trinajstić information content (AvgIpc) is 2.71. The molecule has 4 aliphatic rings. The highest BCUT2D eigenvalue weighted by Gasteiger charge is 2.53. The van der Waals surface area contributed by atoms with Gasteiger partial charge in [-0.15, -0.1) is 0 Å². The van der Waals surface area contributed by atoms with E-state index in [0.717, 1.165) is 37.5 Å². The summed E-state index contributed by atoms with van der Waals surface area (Å²) < 4.78 is 53.6. The number of hydrogen-bond donors (Lipinski definition) is 1. The van der Waals surface area contributed by atoms with E-state index in [0.29, 0.717) is 33.9 Å². The first kappa shape index (κ1) is 21.2. The second-order valence-corrected chi connectivity index (χ2v) is 11.0. The highest BCUT2D eigenvalue weighted by atomic mass is 35.5. The maximum atomic E-state index is 13.6. The van der Waals surface area contributed by atoms with E-state index in [1.807, 2.05) is 0 Å². The van der Waals surface area contributed by atoms with Crippen LogP contribution in [0.2, 0.25) is 5.02 Å². The molecular weight excluding hydrogens is 447 g/mol. The molecule has 2 aromatic carbocycles. The van der Waals surface area contributed by atoms with Gasteiger partial charge in [0.1, 0.15) is 5.25 Å². The Morgan fingerprint density at radius 1 is 0.968 bits per heavy atom. The van der Waals surface area contributed by atoms with Gasteiger partial charge >= 0.3 is 0 Å². The van der Waals surface area contributed by atoms with Gasteiger partial charge in [-0.05, 0) is 67.2 Å². The lowest BCUT2D eigenvalue weighted by atomic mass is 9.56. The van der Waals surface area contributed by atoms with Crippen LogP contribution in [0.25, 0.3) is 0 Å². The van der Waals surface area contributed by atoms with Crippen LogP contribution in [0.3, 0.4) is 0 Å². The third-order valence-corrected chi connectivity index (χ3v) is 9.52. The molecule has 4 bridgehead atoms. The van der Waals surface area contributed by atoms with E-state index in [1.54, 1.807) is 0 Å². The van der Waals surface area contributed by atoms with Crippen LogP contribution in [0, 0.1) is 41.1 Å². The van der Waals surface area contributed by atoms with Crippen LogP contribution >= 0.6 is 11.6 Å². The highest BCUT2D eigenvalue weighted by molar-refractivity contribution is 7.92. The Kier molecular flexibility index (Phi) is 5.47. The molecular formula is C23H21ClF3NO2S. The normalized spacial score (nSPS) is 29.8. The second kappa shape index (κ2) is 8.01. The number of carbonyl (C=O) groups is 1. The third kappa shape index (κ3) is 3.85. The number of amides is 1. The molecule has 4 saturated carbocycles. The highest BCUT2D eigenvalue weighted by Crippen LogP contribution is 2.56. The monoisotopic (exact) mass is 467 g/mol. The van der Waals surface area contributed by atoms with E-state index in [4.69, 9.17) is 11.6 Å². The van der Waals surface area contributed by atoms with Crippen molar-refractivity contribution >= 4 is 34.4 Å². The predicted octanol–water partition coefficient (Wildman–Crippen LogP) is 5.94. The molecule has 2 aromatic rings. The lowest BCUT2D eigenvalue weighted by Crippen LogP contribution is -2.51. The molecule has 8 heteroatoms. The van der Waals surface area contributed by atoms with Gasteiger partial charge in [-0.1, -0.05) is 11.6 Å². The SMILES string of the molecule is O=C(Nc1cc(F)c(F)c(F)c1)c1ccc(Cl)c([S+]([O-])[C@H]2C3C[C@H]4CC2C[C@@H](C3)C4)c1. The number of benzene rings is 2. The Morgan fingerprint density at radius 3 is 2.13 bits per heavy atom. The van der Waals surface area contributed by atoms with Crippen molar-refractivity contribution in [2.24, 2.45) is 23.7 Å². The Bertz CT molecular complexity index is 998. The quantitative estimate of drug-likeness (QED) is 0.446. The molecule has 0 heterocycles. The summed E-state index contributed by atoms with van der Waals surface area (Å²) in [5.74, 6) is -2.68. The van der Waals surface area contributed by atoms with Crippen LogP contribution in [0.5, 0.6) is 0 Å². The fraction of sp³-hybridized carbons (Fsp3) is 0.435. The number of halogens is 4. The van der Waals surface area contributed by atoms with Crippen LogP contribution in [0.1, 0.15) is 42.5 Å². The van der Waals surface area contributed by atoms with Crippen molar-refractivity contribution < 1.29 is 22.5 Å². The van der Waals surface area contributed by atoms with E-state index < -0.39 is 34.5 Å². The first-order valence-electron chi connectivity index (χ1n) is 10.5. The number of rotatable bonds is 4.